The fourth-order valence-electron chi connectivity index (χ4n) is 2.26. The summed E-state index contributed by atoms with van der Waals surface area (Å²) in [7, 11) is 0. The van der Waals surface area contributed by atoms with Gasteiger partial charge >= 0.3 is 0 Å². The standard InChI is InChI=1S/C14H14FN3/c15-11-6-7-14(17-10-11)18-9-8-16-12-4-2-1-3-5-13(12)18/h1-7,10,12,16H,8-9H2. The van der Waals surface area contributed by atoms with Gasteiger partial charge in [-0.1, -0.05) is 24.3 Å². The largest absolute Gasteiger partial charge is 0.327 e. The van der Waals surface area contributed by atoms with Crippen LogP contribution in [0.15, 0.2) is 54.4 Å². The van der Waals surface area contributed by atoms with Crippen molar-refractivity contribution in [3.63, 3.8) is 0 Å². The summed E-state index contributed by atoms with van der Waals surface area (Å²) in [5.41, 5.74) is 1.14. The van der Waals surface area contributed by atoms with Crippen LogP contribution < -0.4 is 10.2 Å². The number of hydrogen-bond donors (Lipinski definition) is 1. The lowest BCUT2D eigenvalue weighted by molar-refractivity contribution is 0.572. The summed E-state index contributed by atoms with van der Waals surface area (Å²) in [5, 5.41) is 3.43. The van der Waals surface area contributed by atoms with Crippen LogP contribution in [0.25, 0.3) is 0 Å². The topological polar surface area (TPSA) is 28.2 Å². The molecule has 1 unspecified atom stereocenters. The average molecular weight is 243 g/mol. The second kappa shape index (κ2) is 4.74. The number of rotatable bonds is 1. The molecule has 0 amide bonds. The number of hydrogen-bond acceptors (Lipinski definition) is 3. The average Bonchev–Trinajstić information content (AvgIpc) is 2.64. The number of nitrogens with one attached hydrogen (secondary N) is 1. The highest BCUT2D eigenvalue weighted by atomic mass is 19.1. The van der Waals surface area contributed by atoms with Gasteiger partial charge in [0, 0.05) is 18.8 Å². The molecule has 0 bridgehead atoms. The van der Waals surface area contributed by atoms with E-state index in [1.165, 1.54) is 12.3 Å². The van der Waals surface area contributed by atoms with E-state index in [2.05, 4.69) is 27.4 Å². The molecule has 0 aromatic carbocycles. The molecule has 0 saturated carbocycles. The van der Waals surface area contributed by atoms with Crippen molar-refractivity contribution in [2.45, 2.75) is 6.04 Å². The van der Waals surface area contributed by atoms with Crippen molar-refractivity contribution in [1.29, 1.82) is 0 Å². The third-order valence-electron chi connectivity index (χ3n) is 3.11. The normalized spacial score (nSPS) is 22.4. The quantitative estimate of drug-likeness (QED) is 0.817. The first-order valence-corrected chi connectivity index (χ1v) is 6.02. The molecule has 4 heteroatoms. The highest BCUT2D eigenvalue weighted by Gasteiger charge is 2.24. The van der Waals surface area contributed by atoms with E-state index in [-0.39, 0.29) is 11.9 Å². The second-order valence-corrected chi connectivity index (χ2v) is 4.28. The van der Waals surface area contributed by atoms with Crippen LogP contribution in [0.5, 0.6) is 0 Å². The van der Waals surface area contributed by atoms with Gasteiger partial charge < -0.3 is 10.2 Å². The smallest absolute Gasteiger partial charge is 0.141 e. The summed E-state index contributed by atoms with van der Waals surface area (Å²) in [6, 6.07) is 3.36. The van der Waals surface area contributed by atoms with Crippen molar-refractivity contribution in [3.8, 4) is 0 Å². The fourth-order valence-corrected chi connectivity index (χ4v) is 2.26. The Balaban J connectivity index is 1.95. The van der Waals surface area contributed by atoms with Gasteiger partial charge in [0.1, 0.15) is 11.6 Å². The fraction of sp³-hybridized carbons (Fsp3) is 0.214. The lowest BCUT2D eigenvalue weighted by Gasteiger charge is -2.35. The maximum absolute atomic E-state index is 12.9. The van der Waals surface area contributed by atoms with Crippen molar-refractivity contribution in [3.05, 3.63) is 60.2 Å². The van der Waals surface area contributed by atoms with Crippen molar-refractivity contribution < 1.29 is 4.39 Å². The summed E-state index contributed by atoms with van der Waals surface area (Å²) in [6.45, 7) is 1.72. The third kappa shape index (κ3) is 2.07. The molecule has 92 valence electrons. The Bertz CT molecular complexity index is 516. The first-order chi connectivity index (χ1) is 8.84. The van der Waals surface area contributed by atoms with Crippen molar-refractivity contribution in [2.24, 2.45) is 0 Å². The maximum atomic E-state index is 12.9. The number of anilines is 1. The first kappa shape index (κ1) is 11.2. The molecule has 1 saturated heterocycles. The summed E-state index contributed by atoms with van der Waals surface area (Å²) in [5.74, 6) is 0.484. The van der Waals surface area contributed by atoms with E-state index in [9.17, 15) is 4.39 Å². The number of piperazine rings is 1. The minimum atomic E-state index is -0.305. The molecule has 2 aliphatic rings. The molecular formula is C14H14FN3. The second-order valence-electron chi connectivity index (χ2n) is 4.28. The maximum Gasteiger partial charge on any atom is 0.141 e. The SMILES string of the molecule is Fc1ccc(N2CCNC3C=CC=CC=C32)nc1. The molecule has 1 aromatic heterocycles. The van der Waals surface area contributed by atoms with Gasteiger partial charge in [-0.05, 0) is 18.2 Å². The minimum absolute atomic E-state index is 0.195. The Morgan fingerprint density at radius 2 is 2.22 bits per heavy atom. The molecule has 2 heterocycles. The highest BCUT2D eigenvalue weighted by molar-refractivity contribution is 5.51. The molecule has 1 aliphatic carbocycles. The van der Waals surface area contributed by atoms with E-state index in [0.717, 1.165) is 24.6 Å². The van der Waals surface area contributed by atoms with E-state index in [0.29, 0.717) is 0 Å². The van der Waals surface area contributed by atoms with Crippen LogP contribution in [0.3, 0.4) is 0 Å². The highest BCUT2D eigenvalue weighted by Crippen LogP contribution is 2.23. The van der Waals surface area contributed by atoms with Gasteiger partial charge in [0.2, 0.25) is 0 Å². The minimum Gasteiger partial charge on any atom is -0.327 e. The summed E-state index contributed by atoms with van der Waals surface area (Å²) in [4.78, 5) is 6.28. The van der Waals surface area contributed by atoms with E-state index in [1.54, 1.807) is 6.07 Å². The Kier molecular flexibility index (Phi) is 2.94. The number of aromatic nitrogens is 1. The molecule has 0 radical (unpaired) electrons. The molecule has 1 fully saturated rings. The van der Waals surface area contributed by atoms with Crippen molar-refractivity contribution >= 4 is 5.82 Å². The molecule has 18 heavy (non-hydrogen) atoms. The van der Waals surface area contributed by atoms with Crippen molar-refractivity contribution in [1.82, 2.24) is 10.3 Å². The van der Waals surface area contributed by atoms with Gasteiger partial charge in [0.25, 0.3) is 0 Å². The molecule has 1 aromatic rings. The van der Waals surface area contributed by atoms with Crippen LogP contribution in [0.4, 0.5) is 10.2 Å². The van der Waals surface area contributed by atoms with Gasteiger partial charge in [-0.3, -0.25) is 0 Å². The Morgan fingerprint density at radius 3 is 3.06 bits per heavy atom. The molecule has 3 rings (SSSR count). The van der Waals surface area contributed by atoms with Gasteiger partial charge in [0.15, 0.2) is 0 Å². The van der Waals surface area contributed by atoms with E-state index in [1.807, 2.05) is 18.2 Å². The van der Waals surface area contributed by atoms with Crippen molar-refractivity contribution in [2.75, 3.05) is 18.0 Å². The first-order valence-electron chi connectivity index (χ1n) is 6.02. The zero-order valence-electron chi connectivity index (χ0n) is 9.88. The Morgan fingerprint density at radius 1 is 1.28 bits per heavy atom. The monoisotopic (exact) mass is 243 g/mol. The van der Waals surface area contributed by atoms with Gasteiger partial charge in [-0.2, -0.15) is 0 Å². The van der Waals surface area contributed by atoms with Gasteiger partial charge in [-0.25, -0.2) is 9.37 Å². The van der Waals surface area contributed by atoms with E-state index >= 15 is 0 Å². The van der Waals surface area contributed by atoms with Crippen LogP contribution in [-0.2, 0) is 0 Å². The van der Waals surface area contributed by atoms with Crippen LogP contribution in [0.2, 0.25) is 0 Å². The zero-order chi connectivity index (χ0) is 12.4. The molecule has 3 nitrogen and oxygen atoms in total. The molecular weight excluding hydrogens is 229 g/mol. The van der Waals surface area contributed by atoms with Crippen LogP contribution in [0, 0.1) is 5.82 Å². The predicted octanol–water partition coefficient (Wildman–Crippen LogP) is 2.01. The summed E-state index contributed by atoms with van der Waals surface area (Å²) in [6.07, 6.45) is 11.5. The van der Waals surface area contributed by atoms with Crippen LogP contribution >= 0.6 is 0 Å². The van der Waals surface area contributed by atoms with E-state index in [4.69, 9.17) is 0 Å². The van der Waals surface area contributed by atoms with Gasteiger partial charge in [-0.15, -0.1) is 0 Å². The number of fused-ring (bicyclic) bond motifs is 1. The zero-order valence-corrected chi connectivity index (χ0v) is 9.88. The summed E-state index contributed by atoms with van der Waals surface area (Å²) < 4.78 is 12.9. The van der Waals surface area contributed by atoms with Crippen LogP contribution in [-0.4, -0.2) is 24.1 Å². The Hall–Kier alpha value is -1.94. The number of pyridine rings is 1. The predicted molar refractivity (Wildman–Crippen MR) is 69.7 cm³/mol. The Labute approximate surface area is 105 Å². The third-order valence-corrected chi connectivity index (χ3v) is 3.11. The number of nitrogens with zero attached hydrogens (tertiary/aromatic N) is 2. The molecule has 1 N–H and O–H groups in total. The number of allylic oxidation sites excluding steroid dienone is 4. The lowest BCUT2D eigenvalue weighted by atomic mass is 10.1. The van der Waals surface area contributed by atoms with Gasteiger partial charge in [0.05, 0.1) is 12.2 Å². The number of halogens is 1. The van der Waals surface area contributed by atoms with E-state index < -0.39 is 0 Å². The molecule has 1 atom stereocenters. The summed E-state index contributed by atoms with van der Waals surface area (Å²) >= 11 is 0. The lowest BCUT2D eigenvalue weighted by Crippen LogP contribution is -2.48. The van der Waals surface area contributed by atoms with Crippen LogP contribution in [0.1, 0.15) is 0 Å². The molecule has 1 aliphatic heterocycles. The molecule has 0 spiro atoms.